The van der Waals surface area contributed by atoms with Crippen molar-refractivity contribution in [2.45, 2.75) is 38.3 Å². The van der Waals surface area contributed by atoms with Crippen LogP contribution in [0.4, 0.5) is 0 Å². The minimum absolute atomic E-state index is 0.179. The van der Waals surface area contributed by atoms with Crippen LogP contribution < -0.4 is 0 Å². The van der Waals surface area contributed by atoms with E-state index in [0.29, 0.717) is 23.1 Å². The molecule has 1 unspecified atom stereocenters. The van der Waals surface area contributed by atoms with Crippen LogP contribution in [0.1, 0.15) is 30.5 Å². The summed E-state index contributed by atoms with van der Waals surface area (Å²) in [7, 11) is 0. The molecule has 1 N–H and O–H groups in total. The third-order valence-corrected chi connectivity index (χ3v) is 5.91. The molecule has 0 bridgehead atoms. The molecule has 1 amide bonds. The number of rotatable bonds is 3. The standard InChI is InChI=1S/C20H20BrCl2NO2/c1-20(2)11-24(10-15-16(20)4-3-5-17(15)21)19(26)18(25)8-12-6-13(22)9-14(23)7-12/h3-7,9,18,25H,8,10-11H2,1-2H3. The second-order valence-electron chi connectivity index (χ2n) is 7.34. The first-order valence-corrected chi connectivity index (χ1v) is 9.92. The largest absolute Gasteiger partial charge is 0.383 e. The molecular formula is C20H20BrCl2NO2. The van der Waals surface area contributed by atoms with Gasteiger partial charge in [0, 0.05) is 39.4 Å². The monoisotopic (exact) mass is 455 g/mol. The molecule has 3 nitrogen and oxygen atoms in total. The minimum Gasteiger partial charge on any atom is -0.383 e. The van der Waals surface area contributed by atoms with Crippen molar-refractivity contribution in [1.82, 2.24) is 4.90 Å². The highest BCUT2D eigenvalue weighted by Gasteiger charge is 2.36. The Balaban J connectivity index is 1.80. The maximum atomic E-state index is 12.9. The number of amides is 1. The number of halogens is 3. The fourth-order valence-corrected chi connectivity index (χ4v) is 4.63. The van der Waals surface area contributed by atoms with E-state index in [9.17, 15) is 9.90 Å². The zero-order valence-corrected chi connectivity index (χ0v) is 17.7. The maximum Gasteiger partial charge on any atom is 0.252 e. The van der Waals surface area contributed by atoms with Crippen LogP contribution in [-0.4, -0.2) is 28.6 Å². The molecule has 0 fully saturated rings. The van der Waals surface area contributed by atoms with Crippen LogP contribution in [0, 0.1) is 0 Å². The highest BCUT2D eigenvalue weighted by Crippen LogP contribution is 2.37. The summed E-state index contributed by atoms with van der Waals surface area (Å²) in [5, 5.41) is 11.5. The number of carbonyl (C=O) groups excluding carboxylic acids is 1. The molecule has 0 aromatic heterocycles. The first-order chi connectivity index (χ1) is 12.2. The summed E-state index contributed by atoms with van der Waals surface area (Å²) in [5.74, 6) is -0.282. The number of aliphatic hydroxyl groups excluding tert-OH is 1. The van der Waals surface area contributed by atoms with Crippen LogP contribution in [0.3, 0.4) is 0 Å². The normalized spacial score (nSPS) is 16.9. The molecule has 1 aliphatic heterocycles. The lowest BCUT2D eigenvalue weighted by Gasteiger charge is -2.41. The number of carbonyl (C=O) groups is 1. The van der Waals surface area contributed by atoms with Gasteiger partial charge in [-0.15, -0.1) is 0 Å². The van der Waals surface area contributed by atoms with Gasteiger partial charge in [0.1, 0.15) is 6.10 Å². The molecule has 26 heavy (non-hydrogen) atoms. The Hall–Kier alpha value is -1.07. The molecule has 0 aliphatic carbocycles. The van der Waals surface area contributed by atoms with Gasteiger partial charge in [-0.25, -0.2) is 0 Å². The van der Waals surface area contributed by atoms with E-state index in [-0.39, 0.29) is 17.7 Å². The molecule has 0 saturated carbocycles. The molecule has 0 radical (unpaired) electrons. The summed E-state index contributed by atoms with van der Waals surface area (Å²) in [6.07, 6.45) is -0.955. The third kappa shape index (κ3) is 4.09. The van der Waals surface area contributed by atoms with Gasteiger partial charge in [-0.05, 0) is 41.0 Å². The second kappa shape index (κ2) is 7.51. The molecule has 1 aliphatic rings. The van der Waals surface area contributed by atoms with Crippen LogP contribution in [0.2, 0.25) is 10.0 Å². The highest BCUT2D eigenvalue weighted by molar-refractivity contribution is 9.10. The number of nitrogens with zero attached hydrogens (tertiary/aromatic N) is 1. The predicted octanol–water partition coefficient (Wildman–Crippen LogP) is 4.98. The van der Waals surface area contributed by atoms with E-state index in [1.54, 1.807) is 23.1 Å². The van der Waals surface area contributed by atoms with Crippen molar-refractivity contribution in [3.63, 3.8) is 0 Å². The number of aliphatic hydroxyl groups is 1. The van der Waals surface area contributed by atoms with E-state index in [1.807, 2.05) is 12.1 Å². The number of hydrogen-bond donors (Lipinski definition) is 1. The van der Waals surface area contributed by atoms with Crippen LogP contribution >= 0.6 is 39.1 Å². The summed E-state index contributed by atoms with van der Waals surface area (Å²) >= 11 is 15.6. The van der Waals surface area contributed by atoms with Crippen LogP contribution in [0.25, 0.3) is 0 Å². The average molecular weight is 457 g/mol. The van der Waals surface area contributed by atoms with Crippen LogP contribution in [0.5, 0.6) is 0 Å². The van der Waals surface area contributed by atoms with Crippen LogP contribution in [-0.2, 0) is 23.2 Å². The molecule has 1 heterocycles. The zero-order chi connectivity index (χ0) is 19.1. The second-order valence-corrected chi connectivity index (χ2v) is 9.07. The van der Waals surface area contributed by atoms with E-state index in [2.05, 4.69) is 35.8 Å². The van der Waals surface area contributed by atoms with Crippen molar-refractivity contribution in [1.29, 1.82) is 0 Å². The van der Waals surface area contributed by atoms with Crippen molar-refractivity contribution < 1.29 is 9.90 Å². The smallest absolute Gasteiger partial charge is 0.252 e. The first-order valence-electron chi connectivity index (χ1n) is 8.37. The fraction of sp³-hybridized carbons (Fsp3) is 0.350. The summed E-state index contributed by atoms with van der Waals surface area (Å²) in [6, 6.07) is 11.2. The Kier molecular flexibility index (Phi) is 5.69. The molecule has 6 heteroatoms. The lowest BCUT2D eigenvalue weighted by molar-refractivity contribution is -0.142. The average Bonchev–Trinajstić information content (AvgIpc) is 2.53. The van der Waals surface area contributed by atoms with Gasteiger partial charge >= 0.3 is 0 Å². The van der Waals surface area contributed by atoms with E-state index < -0.39 is 6.10 Å². The van der Waals surface area contributed by atoms with Gasteiger partial charge in [0.15, 0.2) is 0 Å². The summed E-state index contributed by atoms with van der Waals surface area (Å²) in [6.45, 7) is 5.26. The van der Waals surface area contributed by atoms with E-state index in [4.69, 9.17) is 23.2 Å². The molecule has 2 aromatic rings. The van der Waals surface area contributed by atoms with Gasteiger partial charge in [0.25, 0.3) is 5.91 Å². The Morgan fingerprint density at radius 1 is 1.27 bits per heavy atom. The molecule has 1 atom stereocenters. The van der Waals surface area contributed by atoms with Crippen LogP contribution in [0.15, 0.2) is 40.9 Å². The number of benzene rings is 2. The Bertz CT molecular complexity index is 833. The van der Waals surface area contributed by atoms with Gasteiger partial charge < -0.3 is 10.0 Å². The first kappa shape index (κ1) is 19.7. The molecule has 3 rings (SSSR count). The third-order valence-electron chi connectivity index (χ3n) is 4.73. The zero-order valence-electron chi connectivity index (χ0n) is 14.6. The summed E-state index contributed by atoms with van der Waals surface area (Å²) < 4.78 is 0.983. The lowest BCUT2D eigenvalue weighted by Crippen LogP contribution is -2.49. The van der Waals surface area contributed by atoms with E-state index in [0.717, 1.165) is 15.6 Å². The Labute approximate surface area is 172 Å². The van der Waals surface area contributed by atoms with E-state index in [1.165, 1.54) is 5.56 Å². The van der Waals surface area contributed by atoms with Crippen molar-refractivity contribution >= 4 is 45.0 Å². The van der Waals surface area contributed by atoms with Gasteiger partial charge in [-0.1, -0.05) is 65.1 Å². The van der Waals surface area contributed by atoms with Gasteiger partial charge in [-0.2, -0.15) is 0 Å². The summed E-state index contributed by atoms with van der Waals surface area (Å²) in [4.78, 5) is 14.6. The quantitative estimate of drug-likeness (QED) is 0.707. The summed E-state index contributed by atoms with van der Waals surface area (Å²) in [5.41, 5.74) is 2.87. The van der Waals surface area contributed by atoms with Gasteiger partial charge in [0.2, 0.25) is 0 Å². The predicted molar refractivity (Wildman–Crippen MR) is 109 cm³/mol. The molecule has 2 aromatic carbocycles. The van der Waals surface area contributed by atoms with Crippen molar-refractivity contribution in [2.24, 2.45) is 0 Å². The van der Waals surface area contributed by atoms with Crippen molar-refractivity contribution in [3.05, 3.63) is 67.6 Å². The number of fused-ring (bicyclic) bond motifs is 1. The molecule has 0 spiro atoms. The highest BCUT2D eigenvalue weighted by atomic mass is 79.9. The molecule has 0 saturated heterocycles. The van der Waals surface area contributed by atoms with Crippen molar-refractivity contribution in [3.8, 4) is 0 Å². The fourth-order valence-electron chi connectivity index (χ4n) is 3.57. The lowest BCUT2D eigenvalue weighted by atomic mass is 9.78. The Morgan fingerprint density at radius 3 is 2.58 bits per heavy atom. The van der Waals surface area contributed by atoms with E-state index >= 15 is 0 Å². The van der Waals surface area contributed by atoms with Gasteiger partial charge in [-0.3, -0.25) is 4.79 Å². The van der Waals surface area contributed by atoms with Gasteiger partial charge in [0.05, 0.1) is 0 Å². The Morgan fingerprint density at radius 2 is 1.92 bits per heavy atom. The number of hydrogen-bond acceptors (Lipinski definition) is 2. The minimum atomic E-state index is -1.13. The molecular weight excluding hydrogens is 437 g/mol. The van der Waals surface area contributed by atoms with Crippen molar-refractivity contribution in [2.75, 3.05) is 6.54 Å². The maximum absolute atomic E-state index is 12.9. The topological polar surface area (TPSA) is 40.5 Å². The SMILES string of the molecule is CC1(C)CN(C(=O)C(O)Cc2cc(Cl)cc(Cl)c2)Cc2c(Br)cccc21. The molecule has 138 valence electrons.